The predicted molar refractivity (Wildman–Crippen MR) is 78.3 cm³/mol. The number of carbonyl (C=O) groups excluding carboxylic acids is 1. The van der Waals surface area contributed by atoms with Crippen LogP contribution in [0.2, 0.25) is 0 Å². The Morgan fingerprint density at radius 1 is 1.32 bits per heavy atom. The fraction of sp³-hybridized carbons (Fsp3) is 0.500. The van der Waals surface area contributed by atoms with E-state index in [-0.39, 0.29) is 5.97 Å². The van der Waals surface area contributed by atoms with Crippen LogP contribution in [0.5, 0.6) is 0 Å². The molecule has 1 heterocycles. The van der Waals surface area contributed by atoms with Crippen molar-refractivity contribution in [3.05, 3.63) is 33.8 Å². The molecule has 1 aliphatic heterocycles. The number of nitrogens with zero attached hydrogens (tertiary/aromatic N) is 2. The lowest BCUT2D eigenvalue weighted by Gasteiger charge is -2.32. The van der Waals surface area contributed by atoms with Gasteiger partial charge in [-0.25, -0.2) is 4.79 Å². The molecule has 2 rings (SSSR count). The highest BCUT2D eigenvalue weighted by Crippen LogP contribution is 2.19. The van der Waals surface area contributed by atoms with Gasteiger partial charge in [-0.1, -0.05) is 22.0 Å². The van der Waals surface area contributed by atoms with Crippen LogP contribution < -0.4 is 0 Å². The third-order valence-corrected chi connectivity index (χ3v) is 3.96. The second-order valence-corrected chi connectivity index (χ2v) is 5.79. The van der Waals surface area contributed by atoms with Crippen LogP contribution in [0.4, 0.5) is 0 Å². The van der Waals surface area contributed by atoms with Crippen LogP contribution in [-0.4, -0.2) is 56.1 Å². The first-order valence-corrected chi connectivity index (χ1v) is 7.17. The standard InChI is InChI=1S/C14H19BrN2O2/c1-16-5-7-17(8-6-16)10-11-3-4-12(15)9-13(11)14(18)19-2/h3-4,9H,5-8,10H2,1-2H3. The molecule has 0 radical (unpaired) electrons. The van der Waals surface area contributed by atoms with E-state index >= 15 is 0 Å². The SMILES string of the molecule is COC(=O)c1cc(Br)ccc1CN1CCN(C)CC1. The molecule has 0 atom stereocenters. The predicted octanol–water partition coefficient (Wildman–Crippen LogP) is 1.98. The zero-order valence-electron chi connectivity index (χ0n) is 11.4. The third kappa shape index (κ3) is 3.78. The van der Waals surface area contributed by atoms with Crippen LogP contribution in [0.25, 0.3) is 0 Å². The zero-order valence-corrected chi connectivity index (χ0v) is 12.9. The number of likely N-dealkylation sites (N-methyl/N-ethyl adjacent to an activating group) is 1. The molecule has 0 amide bonds. The summed E-state index contributed by atoms with van der Waals surface area (Å²) in [6, 6.07) is 5.80. The van der Waals surface area contributed by atoms with E-state index < -0.39 is 0 Å². The second-order valence-electron chi connectivity index (χ2n) is 4.87. The van der Waals surface area contributed by atoms with Crippen LogP contribution >= 0.6 is 15.9 Å². The van der Waals surface area contributed by atoms with Crippen LogP contribution in [0.15, 0.2) is 22.7 Å². The summed E-state index contributed by atoms with van der Waals surface area (Å²) in [5.74, 6) is -0.273. The molecule has 0 spiro atoms. The molecule has 104 valence electrons. The molecule has 1 aromatic carbocycles. The van der Waals surface area contributed by atoms with E-state index in [1.54, 1.807) is 0 Å². The van der Waals surface area contributed by atoms with Gasteiger partial charge in [0.1, 0.15) is 0 Å². The third-order valence-electron chi connectivity index (χ3n) is 3.47. The molecular weight excluding hydrogens is 308 g/mol. The van der Waals surface area contributed by atoms with Crippen molar-refractivity contribution >= 4 is 21.9 Å². The summed E-state index contributed by atoms with van der Waals surface area (Å²) in [5, 5.41) is 0. The van der Waals surface area contributed by atoms with Gasteiger partial charge in [-0.3, -0.25) is 4.90 Å². The Kier molecular flexibility index (Phi) is 4.96. The van der Waals surface area contributed by atoms with Crippen molar-refractivity contribution in [1.82, 2.24) is 9.80 Å². The Bertz CT molecular complexity index is 457. The summed E-state index contributed by atoms with van der Waals surface area (Å²) in [4.78, 5) is 16.5. The lowest BCUT2D eigenvalue weighted by molar-refractivity contribution is 0.0597. The Balaban J connectivity index is 2.13. The summed E-state index contributed by atoms with van der Waals surface area (Å²) in [6.07, 6.45) is 0. The molecule has 0 saturated carbocycles. The number of rotatable bonds is 3. The highest BCUT2D eigenvalue weighted by Gasteiger charge is 2.18. The van der Waals surface area contributed by atoms with Gasteiger partial charge in [-0.05, 0) is 24.7 Å². The summed E-state index contributed by atoms with van der Waals surface area (Å²) in [6.45, 7) is 5.01. The van der Waals surface area contributed by atoms with Gasteiger partial charge in [0.05, 0.1) is 12.7 Å². The number of esters is 1. The first-order valence-electron chi connectivity index (χ1n) is 6.38. The van der Waals surface area contributed by atoms with Crippen molar-refractivity contribution < 1.29 is 9.53 Å². The molecule has 1 aromatic rings. The van der Waals surface area contributed by atoms with Crippen molar-refractivity contribution in [2.75, 3.05) is 40.3 Å². The van der Waals surface area contributed by atoms with Gasteiger partial charge in [0.25, 0.3) is 0 Å². The van der Waals surface area contributed by atoms with Crippen molar-refractivity contribution in [2.45, 2.75) is 6.54 Å². The monoisotopic (exact) mass is 326 g/mol. The number of piperazine rings is 1. The van der Waals surface area contributed by atoms with Gasteiger partial charge >= 0.3 is 5.97 Å². The van der Waals surface area contributed by atoms with Crippen molar-refractivity contribution in [2.24, 2.45) is 0 Å². The highest BCUT2D eigenvalue weighted by atomic mass is 79.9. The van der Waals surface area contributed by atoms with Crippen molar-refractivity contribution in [3.63, 3.8) is 0 Å². The van der Waals surface area contributed by atoms with E-state index in [9.17, 15) is 4.79 Å². The van der Waals surface area contributed by atoms with Crippen LogP contribution in [0.3, 0.4) is 0 Å². The molecule has 0 aromatic heterocycles. The molecule has 0 unspecified atom stereocenters. The van der Waals surface area contributed by atoms with Crippen molar-refractivity contribution in [1.29, 1.82) is 0 Å². The second kappa shape index (κ2) is 6.50. The van der Waals surface area contributed by atoms with Gasteiger partial charge in [-0.15, -0.1) is 0 Å². The lowest BCUT2D eigenvalue weighted by atomic mass is 10.1. The van der Waals surface area contributed by atoms with E-state index in [1.165, 1.54) is 7.11 Å². The Morgan fingerprint density at radius 2 is 2.00 bits per heavy atom. The number of halogens is 1. The van der Waals surface area contributed by atoms with Gasteiger partial charge in [0, 0.05) is 37.2 Å². The fourth-order valence-electron chi connectivity index (χ4n) is 2.23. The number of hydrogen-bond donors (Lipinski definition) is 0. The van der Waals surface area contributed by atoms with E-state index in [2.05, 4.69) is 32.8 Å². The number of benzene rings is 1. The first-order chi connectivity index (χ1) is 9.10. The van der Waals surface area contributed by atoms with Gasteiger partial charge in [0.2, 0.25) is 0 Å². The quantitative estimate of drug-likeness (QED) is 0.795. The number of carbonyl (C=O) groups is 1. The smallest absolute Gasteiger partial charge is 0.338 e. The number of hydrogen-bond acceptors (Lipinski definition) is 4. The molecule has 4 nitrogen and oxygen atoms in total. The first kappa shape index (κ1) is 14.5. The molecule has 0 aliphatic carbocycles. The summed E-state index contributed by atoms with van der Waals surface area (Å²) >= 11 is 3.40. The molecule has 5 heteroatoms. The zero-order chi connectivity index (χ0) is 13.8. The average molecular weight is 327 g/mol. The summed E-state index contributed by atoms with van der Waals surface area (Å²) in [5.41, 5.74) is 1.68. The van der Waals surface area contributed by atoms with E-state index in [1.807, 2.05) is 18.2 Å². The minimum absolute atomic E-state index is 0.273. The van der Waals surface area contributed by atoms with Crippen LogP contribution in [-0.2, 0) is 11.3 Å². The Hall–Kier alpha value is -0.910. The van der Waals surface area contributed by atoms with Gasteiger partial charge < -0.3 is 9.64 Å². The summed E-state index contributed by atoms with van der Waals surface area (Å²) in [7, 11) is 3.56. The maximum absolute atomic E-state index is 11.8. The summed E-state index contributed by atoms with van der Waals surface area (Å²) < 4.78 is 5.75. The van der Waals surface area contributed by atoms with E-state index in [4.69, 9.17) is 4.74 Å². The minimum atomic E-state index is -0.273. The van der Waals surface area contributed by atoms with Crippen LogP contribution in [0.1, 0.15) is 15.9 Å². The van der Waals surface area contributed by atoms with Crippen molar-refractivity contribution in [3.8, 4) is 0 Å². The molecule has 0 N–H and O–H groups in total. The minimum Gasteiger partial charge on any atom is -0.465 e. The van der Waals surface area contributed by atoms with E-state index in [0.29, 0.717) is 5.56 Å². The molecule has 0 bridgehead atoms. The Morgan fingerprint density at radius 3 is 2.63 bits per heavy atom. The molecule has 19 heavy (non-hydrogen) atoms. The highest BCUT2D eigenvalue weighted by molar-refractivity contribution is 9.10. The van der Waals surface area contributed by atoms with Gasteiger partial charge in [-0.2, -0.15) is 0 Å². The molecule has 1 fully saturated rings. The largest absolute Gasteiger partial charge is 0.465 e. The molecule has 1 saturated heterocycles. The maximum atomic E-state index is 11.8. The van der Waals surface area contributed by atoms with E-state index in [0.717, 1.165) is 42.8 Å². The number of ether oxygens (including phenoxy) is 1. The van der Waals surface area contributed by atoms with Gasteiger partial charge in [0.15, 0.2) is 0 Å². The lowest BCUT2D eigenvalue weighted by Crippen LogP contribution is -2.44. The Labute approximate surface area is 122 Å². The topological polar surface area (TPSA) is 32.8 Å². The molecule has 1 aliphatic rings. The maximum Gasteiger partial charge on any atom is 0.338 e. The average Bonchev–Trinajstić information content (AvgIpc) is 2.42. The van der Waals surface area contributed by atoms with Crippen LogP contribution in [0, 0.1) is 0 Å². The number of methoxy groups -OCH3 is 1. The normalized spacial score (nSPS) is 17.4. The fourth-order valence-corrected chi connectivity index (χ4v) is 2.59. The molecular formula is C14H19BrN2O2.